The lowest BCUT2D eigenvalue weighted by molar-refractivity contribution is -0.140. The molecule has 3 nitrogen and oxygen atoms in total. The van der Waals surface area contributed by atoms with Crippen LogP contribution in [0.25, 0.3) is 0 Å². The van der Waals surface area contributed by atoms with E-state index in [0.717, 1.165) is 19.4 Å². The van der Waals surface area contributed by atoms with Crippen LogP contribution in [0.1, 0.15) is 26.7 Å². The average molecular weight is 159 g/mol. The second kappa shape index (κ2) is 6.16. The van der Waals surface area contributed by atoms with Crippen molar-refractivity contribution in [3.8, 4) is 0 Å². The van der Waals surface area contributed by atoms with Gasteiger partial charge in [0.1, 0.15) is 0 Å². The van der Waals surface area contributed by atoms with Crippen LogP contribution >= 0.6 is 0 Å². The van der Waals surface area contributed by atoms with Crippen molar-refractivity contribution < 1.29 is 9.90 Å². The molecule has 0 spiro atoms. The summed E-state index contributed by atoms with van der Waals surface area (Å²) in [7, 11) is 0. The van der Waals surface area contributed by atoms with Gasteiger partial charge in [-0.1, -0.05) is 20.3 Å². The molecule has 0 heterocycles. The van der Waals surface area contributed by atoms with Crippen LogP contribution in [0, 0.1) is 5.92 Å². The number of carboxylic acids is 1. The molecule has 66 valence electrons. The zero-order valence-corrected chi connectivity index (χ0v) is 7.26. The molecule has 0 saturated carbocycles. The zero-order valence-electron chi connectivity index (χ0n) is 7.26. The first-order valence-electron chi connectivity index (χ1n) is 4.12. The molecule has 2 N–H and O–H groups in total. The lowest BCUT2D eigenvalue weighted by atomic mass is 10.2. The summed E-state index contributed by atoms with van der Waals surface area (Å²) in [5, 5.41) is 11.6. The van der Waals surface area contributed by atoms with Gasteiger partial charge in [0.05, 0.1) is 5.92 Å². The number of hydrogen-bond donors (Lipinski definition) is 2. The van der Waals surface area contributed by atoms with Crippen molar-refractivity contribution in [1.82, 2.24) is 5.32 Å². The highest BCUT2D eigenvalue weighted by Gasteiger charge is 2.08. The monoisotopic (exact) mass is 159 g/mol. The Bertz CT molecular complexity index is 115. The molecule has 0 aromatic rings. The molecular formula is C8H17NO2. The predicted octanol–water partition coefficient (Wildman–Crippen LogP) is 1.10. The fraction of sp³-hybridized carbons (Fsp3) is 0.875. The second-order valence-electron chi connectivity index (χ2n) is 2.80. The third kappa shape index (κ3) is 5.85. The van der Waals surface area contributed by atoms with Gasteiger partial charge in [-0.15, -0.1) is 0 Å². The van der Waals surface area contributed by atoms with Gasteiger partial charge in [0.25, 0.3) is 0 Å². The van der Waals surface area contributed by atoms with Gasteiger partial charge >= 0.3 is 5.97 Å². The Hall–Kier alpha value is -0.570. The van der Waals surface area contributed by atoms with E-state index in [1.54, 1.807) is 6.92 Å². The minimum atomic E-state index is -0.728. The van der Waals surface area contributed by atoms with Crippen LogP contribution in [0.3, 0.4) is 0 Å². The summed E-state index contributed by atoms with van der Waals surface area (Å²) in [6, 6.07) is 0. The molecule has 0 saturated heterocycles. The van der Waals surface area contributed by atoms with E-state index in [0.29, 0.717) is 6.54 Å². The Balaban J connectivity index is 3.17. The molecule has 0 rings (SSSR count). The molecule has 1 atom stereocenters. The van der Waals surface area contributed by atoms with Crippen molar-refractivity contribution >= 4 is 5.97 Å². The highest BCUT2D eigenvalue weighted by Crippen LogP contribution is 1.91. The predicted molar refractivity (Wildman–Crippen MR) is 44.6 cm³/mol. The minimum Gasteiger partial charge on any atom is -0.481 e. The molecule has 0 aliphatic heterocycles. The number of aliphatic carboxylic acids is 1. The topological polar surface area (TPSA) is 49.3 Å². The molecule has 3 heteroatoms. The Kier molecular flexibility index (Phi) is 5.84. The minimum absolute atomic E-state index is 0.271. The third-order valence-electron chi connectivity index (χ3n) is 1.58. The number of hydrogen-bond acceptors (Lipinski definition) is 2. The average Bonchev–Trinajstić information content (AvgIpc) is 1.97. The normalized spacial score (nSPS) is 12.9. The van der Waals surface area contributed by atoms with Gasteiger partial charge in [-0.2, -0.15) is 0 Å². The van der Waals surface area contributed by atoms with E-state index in [4.69, 9.17) is 5.11 Å². The summed E-state index contributed by atoms with van der Waals surface area (Å²) in [6.45, 7) is 5.33. The van der Waals surface area contributed by atoms with Crippen molar-refractivity contribution in [3.05, 3.63) is 0 Å². The van der Waals surface area contributed by atoms with Crippen LogP contribution in [-0.4, -0.2) is 24.2 Å². The molecule has 0 radical (unpaired) electrons. The third-order valence-corrected chi connectivity index (χ3v) is 1.58. The summed E-state index contributed by atoms with van der Waals surface area (Å²) < 4.78 is 0. The zero-order chi connectivity index (χ0) is 8.69. The standard InChI is InChI=1S/C8H17NO2/c1-3-4-5-9-6-7(2)8(10)11/h7,9H,3-6H2,1-2H3,(H,10,11). The quantitative estimate of drug-likeness (QED) is 0.570. The first-order valence-corrected chi connectivity index (χ1v) is 4.12. The van der Waals surface area contributed by atoms with E-state index in [-0.39, 0.29) is 5.92 Å². The lowest BCUT2D eigenvalue weighted by Gasteiger charge is -2.06. The molecule has 0 aromatic heterocycles. The van der Waals surface area contributed by atoms with E-state index < -0.39 is 5.97 Å². The molecule has 1 unspecified atom stereocenters. The van der Waals surface area contributed by atoms with Gasteiger partial charge in [-0.3, -0.25) is 4.79 Å². The summed E-state index contributed by atoms with van der Waals surface area (Å²) in [5.74, 6) is -0.999. The molecule has 0 aliphatic rings. The number of rotatable bonds is 6. The highest BCUT2D eigenvalue weighted by molar-refractivity contribution is 5.69. The van der Waals surface area contributed by atoms with Crippen molar-refractivity contribution in [1.29, 1.82) is 0 Å². The van der Waals surface area contributed by atoms with E-state index in [1.165, 1.54) is 0 Å². The van der Waals surface area contributed by atoms with Crippen LogP contribution in [0.15, 0.2) is 0 Å². The smallest absolute Gasteiger partial charge is 0.307 e. The van der Waals surface area contributed by atoms with Gasteiger partial charge in [0.2, 0.25) is 0 Å². The first-order chi connectivity index (χ1) is 5.18. The summed E-state index contributed by atoms with van der Waals surface area (Å²) in [4.78, 5) is 10.3. The Morgan fingerprint density at radius 1 is 1.64 bits per heavy atom. The molecule has 0 aliphatic carbocycles. The van der Waals surface area contributed by atoms with Crippen LogP contribution in [0.2, 0.25) is 0 Å². The maximum Gasteiger partial charge on any atom is 0.307 e. The van der Waals surface area contributed by atoms with Crippen LogP contribution in [-0.2, 0) is 4.79 Å². The van der Waals surface area contributed by atoms with Crippen molar-refractivity contribution in [3.63, 3.8) is 0 Å². The summed E-state index contributed by atoms with van der Waals surface area (Å²) in [5.41, 5.74) is 0. The van der Waals surface area contributed by atoms with Crippen molar-refractivity contribution in [2.45, 2.75) is 26.7 Å². The van der Waals surface area contributed by atoms with Crippen molar-refractivity contribution in [2.75, 3.05) is 13.1 Å². The van der Waals surface area contributed by atoms with Gasteiger partial charge in [-0.25, -0.2) is 0 Å². The first kappa shape index (κ1) is 10.4. The number of unbranched alkanes of at least 4 members (excludes halogenated alkanes) is 1. The Morgan fingerprint density at radius 2 is 2.27 bits per heavy atom. The van der Waals surface area contributed by atoms with Crippen LogP contribution in [0.4, 0.5) is 0 Å². The number of nitrogens with one attached hydrogen (secondary N) is 1. The SMILES string of the molecule is CCCCNCC(C)C(=O)O. The highest BCUT2D eigenvalue weighted by atomic mass is 16.4. The van der Waals surface area contributed by atoms with E-state index >= 15 is 0 Å². The molecule has 0 bridgehead atoms. The molecule has 0 fully saturated rings. The molecule has 0 aromatic carbocycles. The maximum atomic E-state index is 10.3. The number of carboxylic acid groups (broad SMARTS) is 1. The number of carbonyl (C=O) groups is 1. The summed E-state index contributed by atoms with van der Waals surface area (Å²) in [6.07, 6.45) is 2.26. The Labute approximate surface area is 67.8 Å². The maximum absolute atomic E-state index is 10.3. The second-order valence-corrected chi connectivity index (χ2v) is 2.80. The summed E-state index contributed by atoms with van der Waals surface area (Å²) >= 11 is 0. The van der Waals surface area contributed by atoms with Gasteiger partial charge in [0.15, 0.2) is 0 Å². The van der Waals surface area contributed by atoms with Crippen LogP contribution < -0.4 is 5.32 Å². The van der Waals surface area contributed by atoms with Crippen LogP contribution in [0.5, 0.6) is 0 Å². The van der Waals surface area contributed by atoms with E-state index in [1.807, 2.05) is 0 Å². The largest absolute Gasteiger partial charge is 0.481 e. The van der Waals surface area contributed by atoms with E-state index in [2.05, 4.69) is 12.2 Å². The van der Waals surface area contributed by atoms with E-state index in [9.17, 15) is 4.79 Å². The molecule has 0 amide bonds. The Morgan fingerprint density at radius 3 is 2.73 bits per heavy atom. The molecular weight excluding hydrogens is 142 g/mol. The van der Waals surface area contributed by atoms with Crippen molar-refractivity contribution in [2.24, 2.45) is 5.92 Å². The molecule has 11 heavy (non-hydrogen) atoms. The fourth-order valence-electron chi connectivity index (χ4n) is 0.708. The van der Waals surface area contributed by atoms with Gasteiger partial charge in [-0.05, 0) is 13.0 Å². The fourth-order valence-corrected chi connectivity index (χ4v) is 0.708. The lowest BCUT2D eigenvalue weighted by Crippen LogP contribution is -2.26. The van der Waals surface area contributed by atoms with Gasteiger partial charge in [0, 0.05) is 6.54 Å². The van der Waals surface area contributed by atoms with Gasteiger partial charge < -0.3 is 10.4 Å².